The molecule has 4 aromatic rings. The minimum Gasteiger partial charge on any atom is -0.324 e. The Morgan fingerprint density at radius 2 is 1.85 bits per heavy atom. The molecule has 1 aromatic carbocycles. The number of carbonyl (C=O) groups excluding carboxylic acids is 1. The highest BCUT2D eigenvalue weighted by atomic mass is 16.1. The highest BCUT2D eigenvalue weighted by Crippen LogP contribution is 2.13. The molecular weight excluding hydrogens is 328 g/mol. The highest BCUT2D eigenvalue weighted by molar-refractivity contribution is 5.90. The smallest absolute Gasteiger partial charge is 0.249 e. The van der Waals surface area contributed by atoms with Crippen LogP contribution in [0.25, 0.3) is 17.2 Å². The average molecular weight is 344 g/mol. The molecular formula is C19H16N6O. The predicted molar refractivity (Wildman–Crippen MR) is 97.7 cm³/mol. The summed E-state index contributed by atoms with van der Waals surface area (Å²) in [6, 6.07) is 17.3. The maximum absolute atomic E-state index is 12.2. The molecule has 1 amide bonds. The molecule has 0 aliphatic carbocycles. The Hall–Kier alpha value is -3.74. The summed E-state index contributed by atoms with van der Waals surface area (Å²) in [5.74, 6) is 0.571. The largest absolute Gasteiger partial charge is 0.324 e. The number of aromatic amines is 1. The molecule has 0 saturated carbocycles. The SMILES string of the molecule is O=C(Cc1ccc(-n2cccc2)cc1)Nc1n[nH]c(-c2ccccn2)n1. The van der Waals surface area contributed by atoms with Crippen LogP contribution < -0.4 is 5.32 Å². The van der Waals surface area contributed by atoms with Crippen molar-refractivity contribution in [3.63, 3.8) is 0 Å². The molecule has 3 aromatic heterocycles. The zero-order chi connectivity index (χ0) is 17.8. The van der Waals surface area contributed by atoms with E-state index in [9.17, 15) is 4.79 Å². The molecule has 0 radical (unpaired) electrons. The first-order chi connectivity index (χ1) is 12.8. The fraction of sp³-hybridized carbons (Fsp3) is 0.0526. The van der Waals surface area contributed by atoms with E-state index in [1.54, 1.807) is 6.20 Å². The van der Waals surface area contributed by atoms with Crippen LogP contribution in [0.5, 0.6) is 0 Å². The Bertz CT molecular complexity index is 990. The normalized spacial score (nSPS) is 10.6. The van der Waals surface area contributed by atoms with Crippen LogP contribution >= 0.6 is 0 Å². The lowest BCUT2D eigenvalue weighted by Gasteiger charge is -2.05. The van der Waals surface area contributed by atoms with E-state index < -0.39 is 0 Å². The van der Waals surface area contributed by atoms with Crippen molar-refractivity contribution < 1.29 is 4.79 Å². The molecule has 0 unspecified atom stereocenters. The van der Waals surface area contributed by atoms with E-state index in [1.807, 2.05) is 71.6 Å². The third-order valence-corrected chi connectivity index (χ3v) is 3.85. The number of aromatic nitrogens is 5. The van der Waals surface area contributed by atoms with Crippen LogP contribution in [0.4, 0.5) is 5.95 Å². The van der Waals surface area contributed by atoms with Crippen molar-refractivity contribution in [3.8, 4) is 17.2 Å². The molecule has 0 saturated heterocycles. The number of pyridine rings is 1. The summed E-state index contributed by atoms with van der Waals surface area (Å²) in [5.41, 5.74) is 2.63. The molecule has 0 spiro atoms. The summed E-state index contributed by atoms with van der Waals surface area (Å²) in [6.07, 6.45) is 5.88. The zero-order valence-electron chi connectivity index (χ0n) is 13.8. The molecule has 0 fully saturated rings. The van der Waals surface area contributed by atoms with Crippen LogP contribution in [0.3, 0.4) is 0 Å². The molecule has 128 valence electrons. The lowest BCUT2D eigenvalue weighted by molar-refractivity contribution is -0.115. The maximum Gasteiger partial charge on any atom is 0.249 e. The maximum atomic E-state index is 12.2. The van der Waals surface area contributed by atoms with Crippen molar-refractivity contribution in [2.24, 2.45) is 0 Å². The van der Waals surface area contributed by atoms with Crippen LogP contribution in [0, 0.1) is 0 Å². The van der Waals surface area contributed by atoms with Gasteiger partial charge < -0.3 is 4.57 Å². The molecule has 7 nitrogen and oxygen atoms in total. The topological polar surface area (TPSA) is 88.5 Å². The van der Waals surface area contributed by atoms with Crippen LogP contribution in [0.15, 0.2) is 73.2 Å². The molecule has 0 atom stereocenters. The first-order valence-electron chi connectivity index (χ1n) is 8.14. The van der Waals surface area contributed by atoms with Gasteiger partial charge in [-0.1, -0.05) is 18.2 Å². The summed E-state index contributed by atoms with van der Waals surface area (Å²) in [4.78, 5) is 20.7. The van der Waals surface area contributed by atoms with Crippen molar-refractivity contribution in [1.29, 1.82) is 0 Å². The van der Waals surface area contributed by atoms with Gasteiger partial charge in [0.2, 0.25) is 11.9 Å². The lowest BCUT2D eigenvalue weighted by atomic mass is 10.1. The van der Waals surface area contributed by atoms with Gasteiger partial charge in [0.15, 0.2) is 5.82 Å². The monoisotopic (exact) mass is 344 g/mol. The molecule has 4 rings (SSSR count). The van der Waals surface area contributed by atoms with Crippen molar-refractivity contribution in [2.45, 2.75) is 6.42 Å². The summed E-state index contributed by atoms with van der Waals surface area (Å²) in [5, 5.41) is 9.48. The second-order valence-corrected chi connectivity index (χ2v) is 5.70. The fourth-order valence-corrected chi connectivity index (χ4v) is 2.58. The molecule has 26 heavy (non-hydrogen) atoms. The Morgan fingerprint density at radius 3 is 2.58 bits per heavy atom. The van der Waals surface area contributed by atoms with Crippen molar-refractivity contribution in [1.82, 2.24) is 24.7 Å². The van der Waals surface area contributed by atoms with Gasteiger partial charge in [0.1, 0.15) is 5.69 Å². The Balaban J connectivity index is 1.39. The molecule has 3 heterocycles. The fourth-order valence-electron chi connectivity index (χ4n) is 2.58. The minimum atomic E-state index is -0.176. The number of benzene rings is 1. The van der Waals surface area contributed by atoms with Crippen molar-refractivity contribution in [3.05, 3.63) is 78.8 Å². The predicted octanol–water partition coefficient (Wildman–Crippen LogP) is 2.84. The van der Waals surface area contributed by atoms with Crippen molar-refractivity contribution >= 4 is 11.9 Å². The van der Waals surface area contributed by atoms with Crippen molar-refractivity contribution in [2.75, 3.05) is 5.32 Å². The van der Waals surface area contributed by atoms with E-state index in [4.69, 9.17) is 0 Å². The van der Waals surface area contributed by atoms with Crippen LogP contribution in [-0.4, -0.2) is 30.6 Å². The second-order valence-electron chi connectivity index (χ2n) is 5.70. The number of rotatable bonds is 5. The number of nitrogens with zero attached hydrogens (tertiary/aromatic N) is 4. The number of H-pyrrole nitrogens is 1. The zero-order valence-corrected chi connectivity index (χ0v) is 13.8. The standard InChI is InChI=1S/C19H16N6O/c26-17(13-14-6-8-15(9-7-14)25-11-3-4-12-25)21-19-22-18(23-24-19)16-5-1-2-10-20-16/h1-12H,13H2,(H2,21,22,23,24,26). The summed E-state index contributed by atoms with van der Waals surface area (Å²) in [6.45, 7) is 0. The van der Waals surface area contributed by atoms with Gasteiger partial charge in [0.05, 0.1) is 6.42 Å². The van der Waals surface area contributed by atoms with Gasteiger partial charge in [-0.15, -0.1) is 5.10 Å². The van der Waals surface area contributed by atoms with Gasteiger partial charge in [-0.05, 0) is 42.0 Å². The van der Waals surface area contributed by atoms with E-state index in [1.165, 1.54) is 0 Å². The number of nitrogens with one attached hydrogen (secondary N) is 2. The summed E-state index contributed by atoms with van der Waals surface area (Å²) < 4.78 is 2.01. The van der Waals surface area contributed by atoms with Gasteiger partial charge >= 0.3 is 0 Å². The van der Waals surface area contributed by atoms with Gasteiger partial charge in [-0.2, -0.15) is 4.98 Å². The first-order valence-corrected chi connectivity index (χ1v) is 8.14. The third kappa shape index (κ3) is 3.51. The van der Waals surface area contributed by atoms with E-state index in [0.717, 1.165) is 11.3 Å². The minimum absolute atomic E-state index is 0.176. The number of amides is 1. The Morgan fingerprint density at radius 1 is 1.04 bits per heavy atom. The summed E-state index contributed by atoms with van der Waals surface area (Å²) in [7, 11) is 0. The molecule has 7 heteroatoms. The van der Waals surface area contributed by atoms with Gasteiger partial charge in [0.25, 0.3) is 0 Å². The molecule has 0 aliphatic heterocycles. The second kappa shape index (κ2) is 7.02. The quantitative estimate of drug-likeness (QED) is 0.583. The van der Waals surface area contributed by atoms with Gasteiger partial charge in [0, 0.05) is 24.3 Å². The Kier molecular flexibility index (Phi) is 4.26. The third-order valence-electron chi connectivity index (χ3n) is 3.85. The van der Waals surface area contributed by atoms with E-state index in [0.29, 0.717) is 11.5 Å². The number of hydrogen-bond acceptors (Lipinski definition) is 4. The lowest BCUT2D eigenvalue weighted by Crippen LogP contribution is -2.15. The Labute approximate surface area is 149 Å². The van der Waals surface area contributed by atoms with Gasteiger partial charge in [-0.3, -0.25) is 20.2 Å². The van der Waals surface area contributed by atoms with Crippen LogP contribution in [0.2, 0.25) is 0 Å². The van der Waals surface area contributed by atoms with Gasteiger partial charge in [-0.25, -0.2) is 0 Å². The molecule has 2 N–H and O–H groups in total. The van der Waals surface area contributed by atoms with E-state index in [-0.39, 0.29) is 18.3 Å². The number of hydrogen-bond donors (Lipinski definition) is 2. The van der Waals surface area contributed by atoms with E-state index in [2.05, 4.69) is 25.5 Å². The molecule has 0 bridgehead atoms. The highest BCUT2D eigenvalue weighted by Gasteiger charge is 2.10. The van der Waals surface area contributed by atoms with Crippen LogP contribution in [0.1, 0.15) is 5.56 Å². The number of anilines is 1. The number of carbonyl (C=O) groups is 1. The first kappa shape index (κ1) is 15.8. The summed E-state index contributed by atoms with van der Waals surface area (Å²) >= 11 is 0. The average Bonchev–Trinajstić information content (AvgIpc) is 3.35. The van der Waals surface area contributed by atoms with E-state index >= 15 is 0 Å². The molecule has 0 aliphatic rings. The van der Waals surface area contributed by atoms with Crippen LogP contribution in [-0.2, 0) is 11.2 Å².